The van der Waals surface area contributed by atoms with Crippen LogP contribution in [0.4, 0.5) is 0 Å². The molecule has 0 heterocycles. The second-order valence-corrected chi connectivity index (χ2v) is 14.5. The van der Waals surface area contributed by atoms with E-state index in [9.17, 15) is 10.2 Å². The predicted octanol–water partition coefficient (Wildman–Crippen LogP) is 7.00. The highest BCUT2D eigenvalue weighted by molar-refractivity contribution is 5.33. The van der Waals surface area contributed by atoms with Gasteiger partial charge in [0, 0.05) is 5.41 Å². The minimum atomic E-state index is -0.361. The van der Waals surface area contributed by atoms with Gasteiger partial charge in [0.1, 0.15) is 0 Å². The molecule has 0 aromatic heterocycles. The first-order valence-corrected chi connectivity index (χ1v) is 13.9. The average Bonchev–Trinajstić information content (AvgIpc) is 2.75. The zero-order chi connectivity index (χ0) is 23.3. The van der Waals surface area contributed by atoms with Crippen molar-refractivity contribution < 1.29 is 10.2 Å². The molecule has 2 heteroatoms. The standard InChI is InChI=1S/C30H50O2/c1-19-10-13-26(3)16-17-29(6)21(25(26)20(19)2)8-9-23-27(4)14-12-24(32)28(5,18-31)22(27)11-15-30(23,29)7/h8,19-20,22-25,31-32H,9-18H2,1-7H3/t19-,20+,22-,23+,24-,25+,26-,27+,28-,29-,30-/m1/s1. The summed E-state index contributed by atoms with van der Waals surface area (Å²) < 4.78 is 0. The first-order valence-electron chi connectivity index (χ1n) is 13.9. The van der Waals surface area contributed by atoms with Gasteiger partial charge >= 0.3 is 0 Å². The molecule has 0 amide bonds. The van der Waals surface area contributed by atoms with Gasteiger partial charge in [-0.25, -0.2) is 0 Å². The normalized spacial score (nSPS) is 59.8. The van der Waals surface area contributed by atoms with Gasteiger partial charge in [-0.15, -0.1) is 0 Å². The van der Waals surface area contributed by atoms with Crippen LogP contribution in [0, 0.1) is 56.7 Å². The second kappa shape index (κ2) is 7.09. The maximum Gasteiger partial charge on any atom is 0.0618 e. The van der Waals surface area contributed by atoms with E-state index in [4.69, 9.17) is 0 Å². The number of hydrogen-bond acceptors (Lipinski definition) is 2. The molecule has 182 valence electrons. The summed E-state index contributed by atoms with van der Waals surface area (Å²) in [5.74, 6) is 3.45. The van der Waals surface area contributed by atoms with Gasteiger partial charge in [-0.3, -0.25) is 0 Å². The van der Waals surface area contributed by atoms with E-state index in [1.54, 1.807) is 0 Å². The highest BCUT2D eigenvalue weighted by atomic mass is 16.3. The summed E-state index contributed by atoms with van der Waals surface area (Å²) in [6.45, 7) is 17.8. The Morgan fingerprint density at radius 1 is 0.875 bits per heavy atom. The molecular weight excluding hydrogens is 392 g/mol. The van der Waals surface area contributed by atoms with Crippen LogP contribution < -0.4 is 0 Å². The van der Waals surface area contributed by atoms with Crippen molar-refractivity contribution in [1.29, 1.82) is 0 Å². The molecule has 0 aromatic rings. The molecule has 0 bridgehead atoms. The fraction of sp³-hybridized carbons (Fsp3) is 0.933. The van der Waals surface area contributed by atoms with Crippen molar-refractivity contribution in [1.82, 2.24) is 0 Å². The van der Waals surface area contributed by atoms with Crippen molar-refractivity contribution in [3.63, 3.8) is 0 Å². The molecule has 2 nitrogen and oxygen atoms in total. The summed E-state index contributed by atoms with van der Waals surface area (Å²) >= 11 is 0. The van der Waals surface area contributed by atoms with Gasteiger partial charge in [-0.1, -0.05) is 60.1 Å². The third kappa shape index (κ3) is 2.66. The molecule has 0 aromatic carbocycles. The van der Waals surface area contributed by atoms with Gasteiger partial charge < -0.3 is 10.2 Å². The molecule has 5 aliphatic carbocycles. The van der Waals surface area contributed by atoms with E-state index in [-0.39, 0.29) is 23.5 Å². The first kappa shape index (κ1) is 23.4. The van der Waals surface area contributed by atoms with E-state index >= 15 is 0 Å². The van der Waals surface area contributed by atoms with E-state index in [1.807, 2.05) is 5.57 Å². The van der Waals surface area contributed by atoms with Crippen molar-refractivity contribution in [2.75, 3.05) is 6.61 Å². The molecule has 0 spiro atoms. The molecule has 4 fully saturated rings. The summed E-state index contributed by atoms with van der Waals surface area (Å²) in [7, 11) is 0. The number of aliphatic hydroxyl groups excluding tert-OH is 2. The highest BCUT2D eigenvalue weighted by Gasteiger charge is 2.68. The molecular formula is C30H50O2. The van der Waals surface area contributed by atoms with E-state index in [2.05, 4.69) is 54.5 Å². The number of hydrogen-bond donors (Lipinski definition) is 2. The molecule has 5 rings (SSSR count). The molecule has 11 atom stereocenters. The Morgan fingerprint density at radius 3 is 2.28 bits per heavy atom. The van der Waals surface area contributed by atoms with Gasteiger partial charge in [-0.05, 0) is 109 Å². The summed E-state index contributed by atoms with van der Waals surface area (Å²) in [5.41, 5.74) is 2.81. The lowest BCUT2D eigenvalue weighted by Gasteiger charge is -2.71. The number of fused-ring (bicyclic) bond motifs is 7. The van der Waals surface area contributed by atoms with Crippen LogP contribution in [0.2, 0.25) is 0 Å². The highest BCUT2D eigenvalue weighted by Crippen LogP contribution is 2.75. The topological polar surface area (TPSA) is 40.5 Å². The van der Waals surface area contributed by atoms with Crippen LogP contribution in [-0.4, -0.2) is 22.9 Å². The molecule has 0 aliphatic heterocycles. The Hall–Kier alpha value is -0.340. The van der Waals surface area contributed by atoms with Crippen LogP contribution >= 0.6 is 0 Å². The molecule has 2 N–H and O–H groups in total. The third-order valence-electron chi connectivity index (χ3n) is 13.5. The van der Waals surface area contributed by atoms with Crippen LogP contribution in [0.15, 0.2) is 11.6 Å². The Morgan fingerprint density at radius 2 is 1.59 bits per heavy atom. The quantitative estimate of drug-likeness (QED) is 0.429. The Kier molecular flexibility index (Phi) is 5.19. The maximum absolute atomic E-state index is 10.9. The van der Waals surface area contributed by atoms with Gasteiger partial charge in [0.15, 0.2) is 0 Å². The maximum atomic E-state index is 10.9. The van der Waals surface area contributed by atoms with Crippen molar-refractivity contribution >= 4 is 0 Å². The van der Waals surface area contributed by atoms with Gasteiger partial charge in [0.05, 0.1) is 12.7 Å². The third-order valence-corrected chi connectivity index (χ3v) is 13.5. The van der Waals surface area contributed by atoms with Crippen molar-refractivity contribution in [3.8, 4) is 0 Å². The minimum absolute atomic E-state index is 0.117. The molecule has 5 aliphatic rings. The van der Waals surface area contributed by atoms with Crippen LogP contribution in [0.1, 0.15) is 106 Å². The van der Waals surface area contributed by atoms with Crippen LogP contribution in [0.25, 0.3) is 0 Å². The zero-order valence-corrected chi connectivity index (χ0v) is 22.0. The minimum Gasteiger partial charge on any atom is -0.396 e. The summed E-state index contributed by atoms with van der Waals surface area (Å²) in [4.78, 5) is 0. The lowest BCUT2D eigenvalue weighted by Crippen LogP contribution is -2.65. The number of aliphatic hydroxyl groups is 2. The molecule has 0 saturated heterocycles. The fourth-order valence-electron chi connectivity index (χ4n) is 10.9. The lowest BCUT2D eigenvalue weighted by molar-refractivity contribution is -0.215. The summed E-state index contributed by atoms with van der Waals surface area (Å²) in [6, 6.07) is 0. The van der Waals surface area contributed by atoms with E-state index < -0.39 is 0 Å². The van der Waals surface area contributed by atoms with Crippen LogP contribution in [-0.2, 0) is 0 Å². The van der Waals surface area contributed by atoms with Crippen LogP contribution in [0.5, 0.6) is 0 Å². The second-order valence-electron chi connectivity index (χ2n) is 14.5. The Balaban J connectivity index is 1.59. The molecule has 32 heavy (non-hydrogen) atoms. The monoisotopic (exact) mass is 442 g/mol. The van der Waals surface area contributed by atoms with Crippen LogP contribution in [0.3, 0.4) is 0 Å². The number of allylic oxidation sites excluding steroid dienone is 2. The summed E-state index contributed by atoms with van der Waals surface area (Å²) in [5, 5.41) is 21.3. The van der Waals surface area contributed by atoms with Crippen molar-refractivity contribution in [2.45, 2.75) is 112 Å². The Bertz CT molecular complexity index is 803. The molecule has 4 saturated carbocycles. The fourth-order valence-corrected chi connectivity index (χ4v) is 10.9. The van der Waals surface area contributed by atoms with E-state index in [1.165, 1.54) is 38.5 Å². The predicted molar refractivity (Wildman–Crippen MR) is 132 cm³/mol. The average molecular weight is 443 g/mol. The lowest BCUT2D eigenvalue weighted by atomic mass is 9.33. The van der Waals surface area contributed by atoms with E-state index in [0.717, 1.165) is 37.0 Å². The molecule has 0 radical (unpaired) electrons. The zero-order valence-electron chi connectivity index (χ0n) is 22.0. The molecule has 0 unspecified atom stereocenters. The first-order chi connectivity index (χ1) is 14.9. The van der Waals surface area contributed by atoms with Gasteiger partial charge in [0.25, 0.3) is 0 Å². The van der Waals surface area contributed by atoms with E-state index in [0.29, 0.717) is 28.1 Å². The summed E-state index contributed by atoms with van der Waals surface area (Å²) in [6.07, 6.45) is 13.5. The van der Waals surface area contributed by atoms with Crippen molar-refractivity contribution in [3.05, 3.63) is 11.6 Å². The van der Waals surface area contributed by atoms with Gasteiger partial charge in [-0.2, -0.15) is 0 Å². The smallest absolute Gasteiger partial charge is 0.0618 e. The SMILES string of the molecule is C[C@H]1[C@H](C)CC[C@]2(C)CC[C@]3(C)C(=CC[C@H]4[C@@]5(C)CC[C@@H](O)[C@](C)(CO)[C@@H]5CC[C@]43C)[C@H]12. The van der Waals surface area contributed by atoms with Gasteiger partial charge in [0.2, 0.25) is 0 Å². The van der Waals surface area contributed by atoms with Crippen molar-refractivity contribution in [2.24, 2.45) is 56.7 Å². The Labute approximate surface area is 197 Å². The number of rotatable bonds is 1. The largest absolute Gasteiger partial charge is 0.396 e.